The van der Waals surface area contributed by atoms with Crippen LogP contribution in [-0.4, -0.2) is 23.0 Å². The number of hydrogen-bond donors (Lipinski definition) is 0. The Morgan fingerprint density at radius 2 is 1.97 bits per heavy atom. The minimum Gasteiger partial charge on any atom is -0.493 e. The molecule has 0 atom stereocenters. The Balaban J connectivity index is 1.28. The fourth-order valence-corrected chi connectivity index (χ4v) is 6.66. The molecule has 186 valence electrons. The first-order valence-corrected chi connectivity index (χ1v) is 13.8. The van der Waals surface area contributed by atoms with E-state index in [9.17, 15) is 4.79 Å². The summed E-state index contributed by atoms with van der Waals surface area (Å²) >= 11 is 5.26. The lowest BCUT2D eigenvalue weighted by Gasteiger charge is -2.14. The quantitative estimate of drug-likeness (QED) is 0.211. The molecule has 6 nitrogen and oxygen atoms in total. The number of ether oxygens (including phenoxy) is 2. The molecule has 2 aromatic heterocycles. The van der Waals surface area contributed by atoms with Crippen molar-refractivity contribution in [3.8, 4) is 11.5 Å². The smallest absolute Gasteiger partial charge is 0.282 e. The Bertz CT molecular complexity index is 1720. The summed E-state index contributed by atoms with van der Waals surface area (Å²) in [6.45, 7) is 0.399. The number of benzene rings is 3. The minimum atomic E-state index is -0.123. The predicted octanol–water partition coefficient (Wildman–Crippen LogP) is 6.72. The van der Waals surface area contributed by atoms with Gasteiger partial charge in [-0.05, 0) is 81.2 Å². The summed E-state index contributed by atoms with van der Waals surface area (Å²) in [4.78, 5) is 19.8. The number of aromatic nitrogens is 2. The van der Waals surface area contributed by atoms with Gasteiger partial charge in [-0.2, -0.15) is 9.78 Å². The van der Waals surface area contributed by atoms with Gasteiger partial charge in [0.2, 0.25) is 0 Å². The van der Waals surface area contributed by atoms with E-state index in [1.54, 1.807) is 24.7 Å². The Kier molecular flexibility index (Phi) is 6.52. The molecule has 0 spiro atoms. The van der Waals surface area contributed by atoms with Gasteiger partial charge in [-0.3, -0.25) is 4.79 Å². The maximum Gasteiger partial charge on any atom is 0.282 e. The van der Waals surface area contributed by atoms with Crippen LogP contribution in [0.5, 0.6) is 11.5 Å². The molecule has 37 heavy (non-hydrogen) atoms. The van der Waals surface area contributed by atoms with Crippen LogP contribution < -0.4 is 15.0 Å². The zero-order valence-electron chi connectivity index (χ0n) is 20.2. The first kappa shape index (κ1) is 23.9. The van der Waals surface area contributed by atoms with Crippen molar-refractivity contribution in [3.05, 3.63) is 97.3 Å². The third-order valence-corrected chi connectivity index (χ3v) is 8.48. The third kappa shape index (κ3) is 4.55. The third-order valence-electron chi connectivity index (χ3n) is 6.69. The van der Waals surface area contributed by atoms with Crippen molar-refractivity contribution in [2.45, 2.75) is 32.3 Å². The van der Waals surface area contributed by atoms with Gasteiger partial charge in [0.1, 0.15) is 17.8 Å². The summed E-state index contributed by atoms with van der Waals surface area (Å²) in [5, 5.41) is 7.48. The normalized spacial score (nSPS) is 13.4. The van der Waals surface area contributed by atoms with E-state index >= 15 is 0 Å². The Hall–Kier alpha value is -3.49. The van der Waals surface area contributed by atoms with Crippen LogP contribution in [0, 0.1) is 0 Å². The monoisotopic (exact) mass is 573 g/mol. The highest BCUT2D eigenvalue weighted by Crippen LogP contribution is 2.37. The van der Waals surface area contributed by atoms with E-state index in [0.717, 1.165) is 56.0 Å². The first-order valence-electron chi connectivity index (χ1n) is 12.2. The molecule has 5 aromatic rings. The minimum absolute atomic E-state index is 0.123. The van der Waals surface area contributed by atoms with E-state index in [-0.39, 0.29) is 5.56 Å². The van der Waals surface area contributed by atoms with E-state index in [1.165, 1.54) is 27.7 Å². The Labute approximate surface area is 226 Å². The number of nitrogens with zero attached hydrogens (tertiary/aromatic N) is 3. The number of thiophene rings is 1. The second-order valence-corrected chi connectivity index (χ2v) is 10.9. The number of fused-ring (bicyclic) bond motifs is 4. The lowest BCUT2D eigenvalue weighted by atomic mass is 9.97. The van der Waals surface area contributed by atoms with Gasteiger partial charge in [0.05, 0.1) is 23.2 Å². The second kappa shape index (κ2) is 10.1. The van der Waals surface area contributed by atoms with Crippen molar-refractivity contribution in [1.29, 1.82) is 0 Å². The van der Waals surface area contributed by atoms with E-state index in [4.69, 9.17) is 9.47 Å². The number of aryl methyl sites for hydroxylation is 2. The summed E-state index contributed by atoms with van der Waals surface area (Å²) in [6.07, 6.45) is 7.38. The average Bonchev–Trinajstić information content (AvgIpc) is 3.31. The highest BCUT2D eigenvalue weighted by atomic mass is 79.9. The molecular weight excluding hydrogens is 550 g/mol. The maximum absolute atomic E-state index is 13.2. The van der Waals surface area contributed by atoms with Gasteiger partial charge in [0.25, 0.3) is 5.56 Å². The molecule has 0 N–H and O–H groups in total. The van der Waals surface area contributed by atoms with Crippen molar-refractivity contribution in [1.82, 2.24) is 9.66 Å². The van der Waals surface area contributed by atoms with Crippen LogP contribution in [0.2, 0.25) is 0 Å². The summed E-state index contributed by atoms with van der Waals surface area (Å²) < 4.78 is 13.9. The number of rotatable bonds is 6. The SMILES string of the molecule is COc1cc(/C=N/n2cnc3sc4c(c3c2=O)CCCC4)cc(Br)c1OCc1cccc2ccccc12. The van der Waals surface area contributed by atoms with E-state index in [2.05, 4.69) is 50.3 Å². The van der Waals surface area contributed by atoms with Crippen LogP contribution in [0.3, 0.4) is 0 Å². The number of methoxy groups -OCH3 is 1. The maximum atomic E-state index is 13.2. The fourth-order valence-electron chi connectivity index (χ4n) is 4.87. The lowest BCUT2D eigenvalue weighted by molar-refractivity contribution is 0.283. The van der Waals surface area contributed by atoms with Crippen molar-refractivity contribution >= 4 is 54.5 Å². The molecule has 0 radical (unpaired) electrons. The van der Waals surface area contributed by atoms with Crippen LogP contribution in [0.4, 0.5) is 0 Å². The molecule has 1 aliphatic carbocycles. The Morgan fingerprint density at radius 1 is 1.14 bits per heavy atom. The fraction of sp³-hybridized carbons (Fsp3) is 0.207. The van der Waals surface area contributed by atoms with Crippen molar-refractivity contribution in [2.75, 3.05) is 7.11 Å². The molecule has 0 amide bonds. The lowest BCUT2D eigenvalue weighted by Crippen LogP contribution is -2.18. The second-order valence-electron chi connectivity index (χ2n) is 8.99. The summed E-state index contributed by atoms with van der Waals surface area (Å²) in [6, 6.07) is 18.2. The zero-order valence-corrected chi connectivity index (χ0v) is 22.6. The summed E-state index contributed by atoms with van der Waals surface area (Å²) in [5.74, 6) is 1.18. The molecule has 0 fully saturated rings. The summed E-state index contributed by atoms with van der Waals surface area (Å²) in [7, 11) is 1.61. The van der Waals surface area contributed by atoms with Crippen LogP contribution in [0.1, 0.15) is 34.4 Å². The van der Waals surface area contributed by atoms with Crippen molar-refractivity contribution < 1.29 is 9.47 Å². The van der Waals surface area contributed by atoms with Gasteiger partial charge in [-0.1, -0.05) is 42.5 Å². The first-order chi connectivity index (χ1) is 18.1. The van der Waals surface area contributed by atoms with Crippen LogP contribution in [0.15, 0.2) is 75.3 Å². The van der Waals surface area contributed by atoms with Gasteiger partial charge < -0.3 is 9.47 Å². The van der Waals surface area contributed by atoms with E-state index in [1.807, 2.05) is 30.3 Å². The molecule has 0 saturated heterocycles. The van der Waals surface area contributed by atoms with Crippen LogP contribution >= 0.6 is 27.3 Å². The molecule has 8 heteroatoms. The number of halogens is 1. The van der Waals surface area contributed by atoms with Gasteiger partial charge in [0.15, 0.2) is 11.5 Å². The molecule has 1 aliphatic rings. The number of hydrogen-bond acceptors (Lipinski definition) is 6. The van der Waals surface area contributed by atoms with E-state index in [0.29, 0.717) is 18.1 Å². The standard InChI is InChI=1S/C29H24BrN3O3S/c1-35-24-14-18(13-23(30)27(24)36-16-20-9-6-8-19-7-2-3-10-21(19)20)15-32-33-17-31-28-26(29(33)34)22-11-4-5-12-25(22)37-28/h2-3,6-10,13-15,17H,4-5,11-12,16H2,1H3/b32-15+. The largest absolute Gasteiger partial charge is 0.493 e. The van der Waals surface area contributed by atoms with Gasteiger partial charge in [-0.15, -0.1) is 11.3 Å². The molecular formula is C29H24BrN3O3S. The average molecular weight is 575 g/mol. The topological polar surface area (TPSA) is 65.7 Å². The molecule has 0 unspecified atom stereocenters. The van der Waals surface area contributed by atoms with Crippen molar-refractivity contribution in [3.63, 3.8) is 0 Å². The highest BCUT2D eigenvalue weighted by molar-refractivity contribution is 9.10. The molecule has 0 saturated carbocycles. The molecule has 6 rings (SSSR count). The Morgan fingerprint density at radius 3 is 2.86 bits per heavy atom. The van der Waals surface area contributed by atoms with Crippen LogP contribution in [0.25, 0.3) is 21.0 Å². The van der Waals surface area contributed by atoms with Gasteiger partial charge in [-0.25, -0.2) is 4.98 Å². The zero-order chi connectivity index (χ0) is 25.4. The van der Waals surface area contributed by atoms with Gasteiger partial charge in [0, 0.05) is 4.88 Å². The highest BCUT2D eigenvalue weighted by Gasteiger charge is 2.20. The van der Waals surface area contributed by atoms with Gasteiger partial charge >= 0.3 is 0 Å². The summed E-state index contributed by atoms with van der Waals surface area (Å²) in [5.41, 5.74) is 2.89. The molecule has 0 aliphatic heterocycles. The molecule has 2 heterocycles. The predicted molar refractivity (Wildman–Crippen MR) is 152 cm³/mol. The molecule has 0 bridgehead atoms. The van der Waals surface area contributed by atoms with Crippen molar-refractivity contribution in [2.24, 2.45) is 5.10 Å². The molecule has 3 aromatic carbocycles. The van der Waals surface area contributed by atoms with Crippen LogP contribution in [-0.2, 0) is 19.4 Å². The van der Waals surface area contributed by atoms with E-state index < -0.39 is 0 Å².